The number of carbonyl (C=O) groups is 1. The number of nitrogens with zero attached hydrogens (tertiary/aromatic N) is 6. The Morgan fingerprint density at radius 3 is 2.82 bits per heavy atom. The Bertz CT molecular complexity index is 1300. The van der Waals surface area contributed by atoms with Crippen LogP contribution in [0.25, 0.3) is 17.2 Å². The molecule has 0 bridgehead atoms. The molecular weight excluding hydrogens is 460 g/mol. The van der Waals surface area contributed by atoms with Gasteiger partial charge in [0.2, 0.25) is 11.7 Å². The molecule has 34 heavy (non-hydrogen) atoms. The summed E-state index contributed by atoms with van der Waals surface area (Å²) in [5.41, 5.74) is 1.61. The molecule has 12 heteroatoms. The van der Waals surface area contributed by atoms with Gasteiger partial charge in [0, 0.05) is 12.3 Å². The summed E-state index contributed by atoms with van der Waals surface area (Å²) in [6, 6.07) is 7.21. The molecule has 0 saturated heterocycles. The Kier molecular flexibility index (Phi) is 7.07. The Morgan fingerprint density at radius 1 is 1.21 bits per heavy atom. The van der Waals surface area contributed by atoms with Gasteiger partial charge in [-0.25, -0.2) is 19.4 Å². The summed E-state index contributed by atoms with van der Waals surface area (Å²) in [6.07, 6.45) is 3.02. The van der Waals surface area contributed by atoms with Gasteiger partial charge in [0.05, 0.1) is 37.8 Å². The van der Waals surface area contributed by atoms with Crippen LogP contribution < -0.4 is 9.47 Å². The van der Waals surface area contributed by atoms with E-state index in [9.17, 15) is 4.79 Å². The second-order valence-electron chi connectivity index (χ2n) is 6.85. The standard InChI is InChI=1S/C22H22N6O5S/c1-5-32-22(29)15-10-28(26-13(15)2)17-9-19(24-12-23-17)34-11-18-25-21(27-33-18)14-7-6-8-16(30-3)20(14)31-4/h6-10,12H,5,11H2,1-4H3. The Hall–Kier alpha value is -3.93. The highest BCUT2D eigenvalue weighted by molar-refractivity contribution is 7.98. The summed E-state index contributed by atoms with van der Waals surface area (Å²) < 4.78 is 22.8. The largest absolute Gasteiger partial charge is 0.493 e. The van der Waals surface area contributed by atoms with Gasteiger partial charge < -0.3 is 18.7 Å². The number of benzene rings is 1. The quantitative estimate of drug-likeness (QED) is 0.197. The van der Waals surface area contributed by atoms with Crippen molar-refractivity contribution in [2.45, 2.75) is 24.6 Å². The zero-order chi connectivity index (χ0) is 24.1. The zero-order valence-electron chi connectivity index (χ0n) is 19.0. The summed E-state index contributed by atoms with van der Waals surface area (Å²) in [4.78, 5) is 25.1. The van der Waals surface area contributed by atoms with Crippen LogP contribution in [0.2, 0.25) is 0 Å². The fraction of sp³-hybridized carbons (Fsp3) is 0.273. The SMILES string of the molecule is CCOC(=O)c1cn(-c2cc(SCc3nc(-c4cccc(OC)c4OC)no3)ncn2)nc1C. The first kappa shape index (κ1) is 23.2. The predicted molar refractivity (Wildman–Crippen MR) is 122 cm³/mol. The molecule has 0 aliphatic heterocycles. The van der Waals surface area contributed by atoms with E-state index in [0.29, 0.717) is 63.2 Å². The lowest BCUT2D eigenvalue weighted by Gasteiger charge is -2.09. The minimum atomic E-state index is -0.422. The molecule has 3 aromatic heterocycles. The predicted octanol–water partition coefficient (Wildman–Crippen LogP) is 3.51. The summed E-state index contributed by atoms with van der Waals surface area (Å²) in [5, 5.41) is 9.11. The van der Waals surface area contributed by atoms with Crippen molar-refractivity contribution in [3.63, 3.8) is 0 Å². The van der Waals surface area contributed by atoms with Crippen LogP contribution in [0.5, 0.6) is 11.5 Å². The van der Waals surface area contributed by atoms with Gasteiger partial charge in [-0.3, -0.25) is 0 Å². The second kappa shape index (κ2) is 10.3. The van der Waals surface area contributed by atoms with Gasteiger partial charge in [-0.15, -0.1) is 0 Å². The molecule has 1 aromatic carbocycles. The highest BCUT2D eigenvalue weighted by Crippen LogP contribution is 2.36. The number of ether oxygens (including phenoxy) is 3. The molecule has 4 rings (SSSR count). The molecule has 0 atom stereocenters. The van der Waals surface area contributed by atoms with E-state index in [-0.39, 0.29) is 0 Å². The number of para-hydroxylation sites is 1. The van der Waals surface area contributed by atoms with E-state index in [1.807, 2.05) is 12.1 Å². The smallest absolute Gasteiger partial charge is 0.341 e. The van der Waals surface area contributed by atoms with Crippen molar-refractivity contribution in [2.24, 2.45) is 0 Å². The van der Waals surface area contributed by atoms with Crippen molar-refractivity contribution in [3.05, 3.63) is 53.9 Å². The Morgan fingerprint density at radius 2 is 2.06 bits per heavy atom. The van der Waals surface area contributed by atoms with Gasteiger partial charge in [0.15, 0.2) is 17.3 Å². The van der Waals surface area contributed by atoms with Crippen LogP contribution in [-0.2, 0) is 10.5 Å². The maximum atomic E-state index is 12.1. The van der Waals surface area contributed by atoms with Crippen molar-refractivity contribution in [3.8, 4) is 28.7 Å². The average molecular weight is 483 g/mol. The van der Waals surface area contributed by atoms with E-state index in [0.717, 1.165) is 0 Å². The van der Waals surface area contributed by atoms with Crippen LogP contribution in [0.1, 0.15) is 28.9 Å². The molecule has 0 spiro atoms. The van der Waals surface area contributed by atoms with Crippen LogP contribution in [0.3, 0.4) is 0 Å². The lowest BCUT2D eigenvalue weighted by atomic mass is 10.2. The van der Waals surface area contributed by atoms with E-state index in [4.69, 9.17) is 18.7 Å². The van der Waals surface area contributed by atoms with E-state index in [1.165, 1.54) is 22.8 Å². The number of hydrogen-bond donors (Lipinski definition) is 0. The molecule has 0 aliphatic rings. The van der Waals surface area contributed by atoms with E-state index in [2.05, 4.69) is 25.2 Å². The molecule has 11 nitrogen and oxygen atoms in total. The van der Waals surface area contributed by atoms with Crippen LogP contribution in [0, 0.1) is 6.92 Å². The summed E-state index contributed by atoms with van der Waals surface area (Å²) >= 11 is 1.40. The van der Waals surface area contributed by atoms with Crippen LogP contribution in [0.15, 0.2) is 46.3 Å². The number of esters is 1. The van der Waals surface area contributed by atoms with Crippen LogP contribution in [-0.4, -0.2) is 56.7 Å². The number of rotatable bonds is 9. The van der Waals surface area contributed by atoms with Crippen molar-refractivity contribution < 1.29 is 23.5 Å². The third-order valence-electron chi connectivity index (χ3n) is 4.71. The van der Waals surface area contributed by atoms with Gasteiger partial charge in [0.25, 0.3) is 0 Å². The van der Waals surface area contributed by atoms with Crippen LogP contribution >= 0.6 is 11.8 Å². The first-order valence-electron chi connectivity index (χ1n) is 10.3. The minimum absolute atomic E-state index is 0.291. The fourth-order valence-corrected chi connectivity index (χ4v) is 3.84. The molecule has 0 fully saturated rings. The number of methoxy groups -OCH3 is 2. The lowest BCUT2D eigenvalue weighted by molar-refractivity contribution is 0.0525. The summed E-state index contributed by atoms with van der Waals surface area (Å²) in [5.74, 6) is 2.41. The molecule has 4 aromatic rings. The molecular formula is C22H22N6O5S. The molecule has 0 radical (unpaired) electrons. The van der Waals surface area contributed by atoms with Gasteiger partial charge in [-0.2, -0.15) is 10.1 Å². The monoisotopic (exact) mass is 482 g/mol. The first-order valence-corrected chi connectivity index (χ1v) is 11.2. The van der Waals surface area contributed by atoms with Gasteiger partial charge in [-0.05, 0) is 26.0 Å². The van der Waals surface area contributed by atoms with Crippen molar-refractivity contribution in [1.82, 2.24) is 29.9 Å². The van der Waals surface area contributed by atoms with Gasteiger partial charge in [0.1, 0.15) is 16.9 Å². The number of hydrogen-bond acceptors (Lipinski definition) is 11. The Balaban J connectivity index is 1.48. The highest BCUT2D eigenvalue weighted by Gasteiger charge is 2.18. The first-order chi connectivity index (χ1) is 16.5. The van der Waals surface area contributed by atoms with Crippen molar-refractivity contribution in [1.29, 1.82) is 0 Å². The zero-order valence-corrected chi connectivity index (χ0v) is 19.8. The van der Waals surface area contributed by atoms with E-state index < -0.39 is 5.97 Å². The molecule has 176 valence electrons. The Labute approximate surface area is 199 Å². The molecule has 0 aliphatic carbocycles. The normalized spacial score (nSPS) is 10.8. The minimum Gasteiger partial charge on any atom is -0.493 e. The third kappa shape index (κ3) is 4.86. The van der Waals surface area contributed by atoms with Crippen LogP contribution in [0.4, 0.5) is 0 Å². The molecule has 0 unspecified atom stereocenters. The summed E-state index contributed by atoms with van der Waals surface area (Å²) in [7, 11) is 3.12. The number of aromatic nitrogens is 6. The topological polar surface area (TPSA) is 127 Å². The average Bonchev–Trinajstić information content (AvgIpc) is 3.49. The number of thioether (sulfide) groups is 1. The molecule has 0 N–H and O–H groups in total. The van der Waals surface area contributed by atoms with Crippen molar-refractivity contribution in [2.75, 3.05) is 20.8 Å². The van der Waals surface area contributed by atoms with Gasteiger partial charge >= 0.3 is 5.97 Å². The van der Waals surface area contributed by atoms with Gasteiger partial charge in [-0.1, -0.05) is 23.0 Å². The lowest BCUT2D eigenvalue weighted by Crippen LogP contribution is -2.04. The summed E-state index contributed by atoms with van der Waals surface area (Å²) in [6.45, 7) is 3.79. The fourth-order valence-electron chi connectivity index (χ4n) is 3.14. The number of aryl methyl sites for hydroxylation is 1. The van der Waals surface area contributed by atoms with Crippen molar-refractivity contribution >= 4 is 17.7 Å². The molecule has 0 saturated carbocycles. The maximum absolute atomic E-state index is 12.1. The third-order valence-corrected chi connectivity index (χ3v) is 5.62. The molecule has 0 amide bonds. The second-order valence-corrected chi connectivity index (χ2v) is 7.84. The highest BCUT2D eigenvalue weighted by atomic mass is 32.2. The number of carbonyl (C=O) groups excluding carboxylic acids is 1. The van der Waals surface area contributed by atoms with E-state index in [1.54, 1.807) is 46.4 Å². The maximum Gasteiger partial charge on any atom is 0.341 e. The van der Waals surface area contributed by atoms with E-state index >= 15 is 0 Å². The molecule has 3 heterocycles.